The van der Waals surface area contributed by atoms with Gasteiger partial charge < -0.3 is 4.90 Å². The fraction of sp³-hybridized carbons (Fsp3) is 0.733. The van der Waals surface area contributed by atoms with Crippen LogP contribution in [0, 0.1) is 11.8 Å². The lowest BCUT2D eigenvalue weighted by molar-refractivity contribution is 0.0740. The van der Waals surface area contributed by atoms with Gasteiger partial charge in [-0.15, -0.1) is 0 Å². The Bertz CT molecular complexity index is 384. The van der Waals surface area contributed by atoms with Crippen LogP contribution in [0.4, 0.5) is 0 Å². The highest BCUT2D eigenvalue weighted by atomic mass is 16.2. The summed E-state index contributed by atoms with van der Waals surface area (Å²) in [5, 5.41) is 4.08. The van der Waals surface area contributed by atoms with E-state index in [0.717, 1.165) is 25.9 Å². The highest BCUT2D eigenvalue weighted by Gasteiger charge is 2.17. The van der Waals surface area contributed by atoms with Crippen LogP contribution in [0.5, 0.6) is 0 Å². The van der Waals surface area contributed by atoms with Crippen LogP contribution in [-0.4, -0.2) is 33.7 Å². The molecule has 4 heteroatoms. The summed E-state index contributed by atoms with van der Waals surface area (Å²) < 4.78 is 1.68. The predicted octanol–water partition coefficient (Wildman–Crippen LogP) is 2.95. The van der Waals surface area contributed by atoms with Crippen molar-refractivity contribution in [2.24, 2.45) is 18.9 Å². The molecule has 0 spiro atoms. The van der Waals surface area contributed by atoms with Crippen molar-refractivity contribution in [3.8, 4) is 0 Å². The van der Waals surface area contributed by atoms with E-state index >= 15 is 0 Å². The normalized spacial score (nSPS) is 11.3. The van der Waals surface area contributed by atoms with E-state index < -0.39 is 0 Å². The zero-order chi connectivity index (χ0) is 14.4. The number of nitrogens with zero attached hydrogens (tertiary/aromatic N) is 3. The van der Waals surface area contributed by atoms with Gasteiger partial charge in [-0.3, -0.25) is 9.48 Å². The molecule has 0 saturated carbocycles. The predicted molar refractivity (Wildman–Crippen MR) is 78.0 cm³/mol. The fourth-order valence-electron chi connectivity index (χ4n) is 1.86. The van der Waals surface area contributed by atoms with Crippen molar-refractivity contribution in [1.82, 2.24) is 14.7 Å². The smallest absolute Gasteiger partial charge is 0.257 e. The molecule has 0 radical (unpaired) electrons. The van der Waals surface area contributed by atoms with Crippen LogP contribution < -0.4 is 0 Å². The lowest BCUT2D eigenvalue weighted by Crippen LogP contribution is -2.34. The summed E-state index contributed by atoms with van der Waals surface area (Å²) in [5.74, 6) is 1.33. The second kappa shape index (κ2) is 7.31. The average Bonchev–Trinajstić information content (AvgIpc) is 2.74. The van der Waals surface area contributed by atoms with Gasteiger partial charge in [-0.2, -0.15) is 5.10 Å². The number of hydrogen-bond donors (Lipinski definition) is 0. The Morgan fingerprint density at radius 3 is 2.11 bits per heavy atom. The van der Waals surface area contributed by atoms with E-state index in [2.05, 4.69) is 32.8 Å². The monoisotopic (exact) mass is 265 g/mol. The standard InChI is InChI=1S/C15H27N3O/c1-12(2)6-8-18(9-7-13(3)4)15(19)14-10-16-17(5)11-14/h10-13H,6-9H2,1-5H3. The minimum Gasteiger partial charge on any atom is -0.339 e. The van der Waals surface area contributed by atoms with Gasteiger partial charge in [-0.05, 0) is 24.7 Å². The molecule has 0 aliphatic heterocycles. The van der Waals surface area contributed by atoms with Crippen molar-refractivity contribution in [2.75, 3.05) is 13.1 Å². The summed E-state index contributed by atoms with van der Waals surface area (Å²) in [4.78, 5) is 14.4. The third-order valence-corrected chi connectivity index (χ3v) is 3.19. The summed E-state index contributed by atoms with van der Waals surface area (Å²) >= 11 is 0. The molecule has 19 heavy (non-hydrogen) atoms. The van der Waals surface area contributed by atoms with Crippen LogP contribution in [0.3, 0.4) is 0 Å². The minimum absolute atomic E-state index is 0.106. The molecule has 0 fully saturated rings. The summed E-state index contributed by atoms with van der Waals surface area (Å²) in [5.41, 5.74) is 0.690. The molecule has 0 aliphatic rings. The molecule has 0 aromatic carbocycles. The second-order valence-corrected chi connectivity index (χ2v) is 6.06. The van der Waals surface area contributed by atoms with E-state index in [9.17, 15) is 4.79 Å². The van der Waals surface area contributed by atoms with E-state index in [4.69, 9.17) is 0 Å². The number of carbonyl (C=O) groups is 1. The summed E-state index contributed by atoms with van der Waals surface area (Å²) in [6, 6.07) is 0. The molecular weight excluding hydrogens is 238 g/mol. The van der Waals surface area contributed by atoms with Gasteiger partial charge >= 0.3 is 0 Å². The number of amides is 1. The third-order valence-electron chi connectivity index (χ3n) is 3.19. The number of aryl methyl sites for hydroxylation is 1. The lowest BCUT2D eigenvalue weighted by Gasteiger charge is -2.24. The van der Waals surface area contributed by atoms with Gasteiger partial charge in [0.1, 0.15) is 0 Å². The molecule has 1 aromatic heterocycles. The molecule has 0 bridgehead atoms. The summed E-state index contributed by atoms with van der Waals surface area (Å²) in [7, 11) is 1.84. The van der Waals surface area contributed by atoms with Crippen LogP contribution in [-0.2, 0) is 7.05 Å². The molecule has 0 saturated heterocycles. The van der Waals surface area contributed by atoms with Gasteiger partial charge in [0.15, 0.2) is 0 Å². The zero-order valence-electron chi connectivity index (χ0n) is 12.9. The van der Waals surface area contributed by atoms with Crippen molar-refractivity contribution in [3.05, 3.63) is 18.0 Å². The van der Waals surface area contributed by atoms with E-state index in [1.54, 1.807) is 17.1 Å². The lowest BCUT2D eigenvalue weighted by atomic mass is 10.1. The Morgan fingerprint density at radius 2 is 1.74 bits per heavy atom. The summed E-state index contributed by atoms with van der Waals surface area (Å²) in [6.45, 7) is 10.4. The molecule has 0 aliphatic carbocycles. The molecule has 1 aromatic rings. The molecule has 1 rings (SSSR count). The maximum atomic E-state index is 12.5. The minimum atomic E-state index is 0.106. The van der Waals surface area contributed by atoms with Crippen molar-refractivity contribution < 1.29 is 4.79 Å². The van der Waals surface area contributed by atoms with Gasteiger partial charge in [-0.1, -0.05) is 27.7 Å². The van der Waals surface area contributed by atoms with E-state index in [-0.39, 0.29) is 5.91 Å². The molecule has 0 N–H and O–H groups in total. The van der Waals surface area contributed by atoms with Crippen LogP contribution >= 0.6 is 0 Å². The Balaban J connectivity index is 2.68. The maximum Gasteiger partial charge on any atom is 0.257 e. The Labute approximate surface area is 116 Å². The first-order valence-corrected chi connectivity index (χ1v) is 7.18. The molecule has 4 nitrogen and oxygen atoms in total. The fourth-order valence-corrected chi connectivity index (χ4v) is 1.86. The highest BCUT2D eigenvalue weighted by molar-refractivity contribution is 5.93. The van der Waals surface area contributed by atoms with Crippen LogP contribution in [0.1, 0.15) is 50.9 Å². The first kappa shape index (κ1) is 15.7. The van der Waals surface area contributed by atoms with Crippen molar-refractivity contribution in [1.29, 1.82) is 0 Å². The molecule has 0 atom stereocenters. The van der Waals surface area contributed by atoms with Crippen LogP contribution in [0.25, 0.3) is 0 Å². The highest BCUT2D eigenvalue weighted by Crippen LogP contribution is 2.10. The van der Waals surface area contributed by atoms with E-state index in [1.807, 2.05) is 11.9 Å². The molecule has 1 amide bonds. The number of hydrogen-bond acceptors (Lipinski definition) is 2. The Hall–Kier alpha value is -1.32. The molecule has 0 unspecified atom stereocenters. The largest absolute Gasteiger partial charge is 0.339 e. The van der Waals surface area contributed by atoms with Crippen LogP contribution in [0.2, 0.25) is 0 Å². The topological polar surface area (TPSA) is 38.1 Å². The maximum absolute atomic E-state index is 12.5. The quantitative estimate of drug-likeness (QED) is 0.760. The van der Waals surface area contributed by atoms with E-state index in [1.165, 1.54) is 0 Å². The van der Waals surface area contributed by atoms with Crippen molar-refractivity contribution in [2.45, 2.75) is 40.5 Å². The number of rotatable bonds is 7. The summed E-state index contributed by atoms with van der Waals surface area (Å²) in [6.07, 6.45) is 5.54. The average molecular weight is 265 g/mol. The van der Waals surface area contributed by atoms with Gasteiger partial charge in [0.2, 0.25) is 0 Å². The zero-order valence-corrected chi connectivity index (χ0v) is 12.9. The Kier molecular flexibility index (Phi) is 6.06. The SMILES string of the molecule is CC(C)CCN(CCC(C)C)C(=O)c1cnn(C)c1. The van der Waals surface area contributed by atoms with E-state index in [0.29, 0.717) is 17.4 Å². The van der Waals surface area contributed by atoms with Gasteiger partial charge in [0, 0.05) is 26.3 Å². The number of aromatic nitrogens is 2. The van der Waals surface area contributed by atoms with Crippen molar-refractivity contribution in [3.63, 3.8) is 0 Å². The van der Waals surface area contributed by atoms with Gasteiger partial charge in [0.25, 0.3) is 5.91 Å². The van der Waals surface area contributed by atoms with Crippen LogP contribution in [0.15, 0.2) is 12.4 Å². The molecular formula is C15H27N3O. The number of carbonyl (C=O) groups excluding carboxylic acids is 1. The molecule has 1 heterocycles. The Morgan fingerprint density at radius 1 is 1.21 bits per heavy atom. The molecule has 108 valence electrons. The van der Waals surface area contributed by atoms with Gasteiger partial charge in [-0.25, -0.2) is 0 Å². The van der Waals surface area contributed by atoms with Crippen molar-refractivity contribution >= 4 is 5.91 Å². The first-order chi connectivity index (χ1) is 8.90. The first-order valence-electron chi connectivity index (χ1n) is 7.18. The van der Waals surface area contributed by atoms with Gasteiger partial charge in [0.05, 0.1) is 11.8 Å². The third kappa shape index (κ3) is 5.45. The second-order valence-electron chi connectivity index (χ2n) is 6.06.